The molecule has 29 heavy (non-hydrogen) atoms. The van der Waals surface area contributed by atoms with Gasteiger partial charge in [0.05, 0.1) is 16.3 Å². The molecule has 152 valence electrons. The highest BCUT2D eigenvalue weighted by Crippen LogP contribution is 2.32. The molecule has 0 aliphatic rings. The molecule has 0 amide bonds. The number of aryl methyl sites for hydroxylation is 1. The number of nitrogens with zero attached hydrogens (tertiary/aromatic N) is 1. The van der Waals surface area contributed by atoms with Gasteiger partial charge in [0.1, 0.15) is 5.76 Å². The molecule has 1 aromatic heterocycles. The van der Waals surface area contributed by atoms with Crippen LogP contribution in [0, 0.1) is 0 Å². The number of Topliss-reactive ketones (excluding diaryl/α,β-unsaturated/α-hetero) is 1. The van der Waals surface area contributed by atoms with Gasteiger partial charge in [-0.1, -0.05) is 61.8 Å². The highest BCUT2D eigenvalue weighted by molar-refractivity contribution is 6.33. The molecule has 0 saturated heterocycles. The van der Waals surface area contributed by atoms with E-state index in [1.807, 2.05) is 48.5 Å². The molecule has 1 heterocycles. The van der Waals surface area contributed by atoms with Gasteiger partial charge in [-0.2, -0.15) is 0 Å². The van der Waals surface area contributed by atoms with Crippen LogP contribution in [0.1, 0.15) is 60.0 Å². The second kappa shape index (κ2) is 9.86. The van der Waals surface area contributed by atoms with Crippen molar-refractivity contribution >= 4 is 17.4 Å². The van der Waals surface area contributed by atoms with Crippen LogP contribution in [0.4, 0.5) is 0 Å². The molecule has 4 nitrogen and oxygen atoms in total. The third kappa shape index (κ3) is 5.34. The van der Waals surface area contributed by atoms with Crippen molar-refractivity contribution in [3.8, 4) is 11.5 Å². The molecule has 1 N–H and O–H groups in total. The van der Waals surface area contributed by atoms with Gasteiger partial charge in [-0.25, -0.2) is 4.98 Å². The van der Waals surface area contributed by atoms with Crippen LogP contribution in [0.5, 0.6) is 0 Å². The van der Waals surface area contributed by atoms with Gasteiger partial charge in [-0.3, -0.25) is 4.79 Å². The molecule has 0 aliphatic carbocycles. The Morgan fingerprint density at radius 1 is 1.10 bits per heavy atom. The average Bonchev–Trinajstić information content (AvgIpc) is 3.13. The van der Waals surface area contributed by atoms with Gasteiger partial charge < -0.3 is 9.52 Å². The van der Waals surface area contributed by atoms with E-state index in [0.717, 1.165) is 22.6 Å². The Balaban J connectivity index is 1.67. The summed E-state index contributed by atoms with van der Waals surface area (Å²) in [6.45, 7) is 4.25. The van der Waals surface area contributed by atoms with Crippen molar-refractivity contribution in [1.29, 1.82) is 0 Å². The van der Waals surface area contributed by atoms with Gasteiger partial charge in [0.2, 0.25) is 5.89 Å². The number of hydrogen-bond acceptors (Lipinski definition) is 4. The lowest BCUT2D eigenvalue weighted by Crippen LogP contribution is -2.02. The lowest BCUT2D eigenvalue weighted by Gasteiger charge is -2.05. The molecule has 0 unspecified atom stereocenters. The van der Waals surface area contributed by atoms with Crippen LogP contribution in [-0.2, 0) is 12.8 Å². The Kier molecular flexibility index (Phi) is 7.24. The van der Waals surface area contributed by atoms with Crippen LogP contribution in [0.15, 0.2) is 52.9 Å². The van der Waals surface area contributed by atoms with Crippen LogP contribution in [0.3, 0.4) is 0 Å². The van der Waals surface area contributed by atoms with Gasteiger partial charge >= 0.3 is 0 Å². The van der Waals surface area contributed by atoms with Crippen molar-refractivity contribution in [2.24, 2.45) is 0 Å². The normalized spacial score (nSPS) is 11.2. The van der Waals surface area contributed by atoms with E-state index in [4.69, 9.17) is 21.1 Å². The first kappa shape index (κ1) is 21.3. The first-order chi connectivity index (χ1) is 14.0. The number of ketones is 1. The standard InChI is InChI=1S/C24H26ClNO3/c1-16(2)23-21(26-24(29-23)19-6-3-4-7-20(19)25)8-5-9-22(28)18-12-10-17(11-13-18)14-15-27/h3-4,6-7,10-13,16,27H,5,8-9,14-15H2,1-2H3. The topological polar surface area (TPSA) is 63.3 Å². The van der Waals surface area contributed by atoms with Crippen LogP contribution in [-0.4, -0.2) is 22.5 Å². The Morgan fingerprint density at radius 2 is 1.83 bits per heavy atom. The van der Waals surface area contributed by atoms with Crippen molar-refractivity contribution in [3.63, 3.8) is 0 Å². The predicted molar refractivity (Wildman–Crippen MR) is 116 cm³/mol. The highest BCUT2D eigenvalue weighted by Gasteiger charge is 2.19. The summed E-state index contributed by atoms with van der Waals surface area (Å²) in [7, 11) is 0. The highest BCUT2D eigenvalue weighted by atomic mass is 35.5. The largest absolute Gasteiger partial charge is 0.441 e. The van der Waals surface area contributed by atoms with E-state index in [-0.39, 0.29) is 18.3 Å². The predicted octanol–water partition coefficient (Wildman–Crippen LogP) is 5.86. The molecular formula is C24H26ClNO3. The van der Waals surface area contributed by atoms with Crippen LogP contribution in [0.25, 0.3) is 11.5 Å². The van der Waals surface area contributed by atoms with Gasteiger partial charge in [0.25, 0.3) is 0 Å². The SMILES string of the molecule is CC(C)c1oc(-c2ccccc2Cl)nc1CCCC(=O)c1ccc(CCO)cc1. The number of hydrogen-bond donors (Lipinski definition) is 1. The first-order valence-electron chi connectivity index (χ1n) is 9.97. The lowest BCUT2D eigenvalue weighted by molar-refractivity contribution is 0.0980. The van der Waals surface area contributed by atoms with Crippen molar-refractivity contribution in [3.05, 3.63) is 76.1 Å². The smallest absolute Gasteiger partial charge is 0.228 e. The number of aromatic nitrogens is 1. The number of halogens is 1. The summed E-state index contributed by atoms with van der Waals surface area (Å²) >= 11 is 6.29. The second-order valence-corrected chi connectivity index (χ2v) is 7.82. The van der Waals surface area contributed by atoms with Crippen molar-refractivity contribution in [1.82, 2.24) is 4.98 Å². The van der Waals surface area contributed by atoms with E-state index in [2.05, 4.69) is 18.8 Å². The van der Waals surface area contributed by atoms with E-state index in [9.17, 15) is 4.79 Å². The summed E-state index contributed by atoms with van der Waals surface area (Å²) in [4.78, 5) is 17.2. The number of benzene rings is 2. The van der Waals surface area contributed by atoms with Gasteiger partial charge in [0, 0.05) is 24.5 Å². The number of carbonyl (C=O) groups is 1. The Morgan fingerprint density at radius 3 is 2.48 bits per heavy atom. The summed E-state index contributed by atoms with van der Waals surface area (Å²) in [5.41, 5.74) is 3.40. The molecule has 3 rings (SSSR count). The second-order valence-electron chi connectivity index (χ2n) is 7.41. The van der Waals surface area contributed by atoms with Crippen LogP contribution in [0.2, 0.25) is 5.02 Å². The fourth-order valence-electron chi connectivity index (χ4n) is 3.29. The van der Waals surface area contributed by atoms with Crippen molar-refractivity contribution in [2.75, 3.05) is 6.61 Å². The zero-order valence-corrected chi connectivity index (χ0v) is 17.6. The van der Waals surface area contributed by atoms with Crippen LogP contribution < -0.4 is 0 Å². The molecule has 3 aromatic rings. The molecule has 0 radical (unpaired) electrons. The maximum atomic E-state index is 12.5. The maximum absolute atomic E-state index is 12.5. The minimum atomic E-state index is 0.110. The number of aliphatic hydroxyl groups is 1. The number of oxazole rings is 1. The lowest BCUT2D eigenvalue weighted by atomic mass is 10.0. The summed E-state index contributed by atoms with van der Waals surface area (Å²) in [5.74, 6) is 1.69. The minimum absolute atomic E-state index is 0.110. The molecule has 0 atom stereocenters. The van der Waals surface area contributed by atoms with E-state index >= 15 is 0 Å². The Labute approximate surface area is 176 Å². The van der Waals surface area contributed by atoms with Gasteiger partial charge in [-0.15, -0.1) is 0 Å². The first-order valence-corrected chi connectivity index (χ1v) is 10.3. The molecule has 5 heteroatoms. The number of aliphatic hydroxyl groups excluding tert-OH is 1. The van der Waals surface area contributed by atoms with Crippen molar-refractivity contribution in [2.45, 2.75) is 45.4 Å². The van der Waals surface area contributed by atoms with E-state index < -0.39 is 0 Å². The Bertz CT molecular complexity index is 961. The quantitative estimate of drug-likeness (QED) is 0.448. The molecule has 0 bridgehead atoms. The fraction of sp³-hybridized carbons (Fsp3) is 0.333. The fourth-order valence-corrected chi connectivity index (χ4v) is 3.51. The molecule has 0 fully saturated rings. The van der Waals surface area contributed by atoms with Crippen molar-refractivity contribution < 1.29 is 14.3 Å². The maximum Gasteiger partial charge on any atom is 0.228 e. The molecule has 0 aliphatic heterocycles. The monoisotopic (exact) mass is 411 g/mol. The third-order valence-electron chi connectivity index (χ3n) is 4.85. The van der Waals surface area contributed by atoms with E-state index in [1.54, 1.807) is 0 Å². The van der Waals surface area contributed by atoms with E-state index in [0.29, 0.717) is 42.2 Å². The molecular weight excluding hydrogens is 386 g/mol. The minimum Gasteiger partial charge on any atom is -0.441 e. The molecule has 0 saturated carbocycles. The summed E-state index contributed by atoms with van der Waals surface area (Å²) < 4.78 is 6.02. The Hall–Kier alpha value is -2.43. The van der Waals surface area contributed by atoms with E-state index in [1.165, 1.54) is 0 Å². The molecule has 0 spiro atoms. The number of carbonyl (C=O) groups excluding carboxylic acids is 1. The molecule has 2 aromatic carbocycles. The number of rotatable bonds is 9. The summed E-state index contributed by atoms with van der Waals surface area (Å²) in [6, 6.07) is 15.0. The van der Waals surface area contributed by atoms with Gasteiger partial charge in [0.15, 0.2) is 5.78 Å². The zero-order chi connectivity index (χ0) is 20.8. The third-order valence-corrected chi connectivity index (χ3v) is 5.18. The summed E-state index contributed by atoms with van der Waals surface area (Å²) in [6.07, 6.45) is 2.43. The van der Waals surface area contributed by atoms with Crippen LogP contribution >= 0.6 is 11.6 Å². The van der Waals surface area contributed by atoms with Gasteiger partial charge in [-0.05, 0) is 37.0 Å². The summed E-state index contributed by atoms with van der Waals surface area (Å²) in [5, 5.41) is 9.59. The zero-order valence-electron chi connectivity index (χ0n) is 16.8. The average molecular weight is 412 g/mol.